The number of hydrogen-bond acceptors (Lipinski definition) is 4. The van der Waals surface area contributed by atoms with Crippen LogP contribution in [0, 0.1) is 27.7 Å². The van der Waals surface area contributed by atoms with Crippen LogP contribution >= 0.6 is 12.2 Å². The lowest BCUT2D eigenvalue weighted by Crippen LogP contribution is -2.54. The van der Waals surface area contributed by atoms with Crippen molar-refractivity contribution in [2.24, 2.45) is 0 Å². The monoisotopic (exact) mass is 426 g/mol. The molecule has 2 rings (SSSR count). The third-order valence-corrected chi connectivity index (χ3v) is 7.31. The SMILES string of the molecule is Cc1cc(C)c(C)c(S(=O)(=O)N[C@@H](C)C(=O)NNC(=S)NC2CCCC2)c1C. The molecule has 28 heavy (non-hydrogen) atoms. The van der Waals surface area contributed by atoms with E-state index in [1.54, 1.807) is 13.8 Å². The fourth-order valence-electron chi connectivity index (χ4n) is 3.45. The number of hydrogen-bond donors (Lipinski definition) is 4. The second kappa shape index (κ2) is 9.19. The zero-order valence-electron chi connectivity index (χ0n) is 17.1. The fourth-order valence-corrected chi connectivity index (χ4v) is 5.48. The lowest BCUT2D eigenvalue weighted by Gasteiger charge is -2.20. The molecule has 1 fully saturated rings. The zero-order valence-corrected chi connectivity index (χ0v) is 18.7. The van der Waals surface area contributed by atoms with Gasteiger partial charge in [0.15, 0.2) is 5.11 Å². The summed E-state index contributed by atoms with van der Waals surface area (Å²) in [7, 11) is -3.86. The largest absolute Gasteiger partial charge is 0.359 e. The third kappa shape index (κ3) is 5.42. The molecule has 0 aliphatic heterocycles. The van der Waals surface area contributed by atoms with E-state index in [2.05, 4.69) is 20.9 Å². The number of carbonyl (C=O) groups is 1. The molecule has 1 aliphatic rings. The number of aryl methyl sites for hydroxylation is 2. The third-order valence-electron chi connectivity index (χ3n) is 5.28. The van der Waals surface area contributed by atoms with Crippen LogP contribution in [0.4, 0.5) is 0 Å². The standard InChI is InChI=1S/C19H30N4O3S2/c1-11-10-12(2)14(4)17(13(11)3)28(25,26)23-15(5)18(24)21-22-19(27)20-16-8-6-7-9-16/h10,15-16,23H,6-9H2,1-5H3,(H,21,24)(H2,20,22,27)/t15-/m0/s1. The average molecular weight is 427 g/mol. The summed E-state index contributed by atoms with van der Waals surface area (Å²) in [4.78, 5) is 12.5. The quantitative estimate of drug-likeness (QED) is 0.425. The number of hydrazine groups is 1. The molecule has 1 amide bonds. The average Bonchev–Trinajstić information content (AvgIpc) is 3.10. The van der Waals surface area contributed by atoms with Crippen LogP contribution in [-0.2, 0) is 14.8 Å². The van der Waals surface area contributed by atoms with Crippen molar-refractivity contribution in [2.75, 3.05) is 0 Å². The summed E-state index contributed by atoms with van der Waals surface area (Å²) in [5.74, 6) is -0.515. The molecule has 9 heteroatoms. The first-order chi connectivity index (χ1) is 13.0. The second-order valence-electron chi connectivity index (χ2n) is 7.50. The summed E-state index contributed by atoms with van der Waals surface area (Å²) >= 11 is 5.17. The first-order valence-electron chi connectivity index (χ1n) is 9.49. The molecule has 1 atom stereocenters. The molecule has 1 aromatic rings. The number of thiocarbonyl (C=S) groups is 1. The predicted molar refractivity (Wildman–Crippen MR) is 114 cm³/mol. The number of benzene rings is 1. The maximum Gasteiger partial charge on any atom is 0.256 e. The van der Waals surface area contributed by atoms with Gasteiger partial charge in [0.2, 0.25) is 10.0 Å². The van der Waals surface area contributed by atoms with Crippen LogP contribution in [0.3, 0.4) is 0 Å². The van der Waals surface area contributed by atoms with Gasteiger partial charge in [-0.25, -0.2) is 8.42 Å². The highest BCUT2D eigenvalue weighted by atomic mass is 32.2. The molecule has 0 aromatic heterocycles. The highest BCUT2D eigenvalue weighted by Gasteiger charge is 2.26. The summed E-state index contributed by atoms with van der Waals surface area (Å²) in [5.41, 5.74) is 8.26. The minimum absolute atomic E-state index is 0.232. The van der Waals surface area contributed by atoms with E-state index in [0.717, 1.165) is 24.0 Å². The Kier molecular flexibility index (Phi) is 7.41. The van der Waals surface area contributed by atoms with E-state index in [1.807, 2.05) is 19.9 Å². The summed E-state index contributed by atoms with van der Waals surface area (Å²) in [6.07, 6.45) is 4.45. The predicted octanol–water partition coefficient (Wildman–Crippen LogP) is 2.02. The van der Waals surface area contributed by atoms with Gasteiger partial charge in [-0.15, -0.1) is 0 Å². The van der Waals surface area contributed by atoms with Crippen molar-refractivity contribution < 1.29 is 13.2 Å². The normalized spacial score (nSPS) is 15.9. The molecule has 1 aliphatic carbocycles. The van der Waals surface area contributed by atoms with Gasteiger partial charge < -0.3 is 5.32 Å². The van der Waals surface area contributed by atoms with Gasteiger partial charge in [0.05, 0.1) is 10.9 Å². The van der Waals surface area contributed by atoms with Crippen molar-refractivity contribution in [3.63, 3.8) is 0 Å². The molecule has 1 aromatic carbocycles. The highest BCUT2D eigenvalue weighted by Crippen LogP contribution is 2.26. The number of nitrogens with one attached hydrogen (secondary N) is 4. The lowest BCUT2D eigenvalue weighted by atomic mass is 10.0. The zero-order chi connectivity index (χ0) is 21.1. The summed E-state index contributed by atoms with van der Waals surface area (Å²) < 4.78 is 28.3. The molecule has 156 valence electrons. The Morgan fingerprint density at radius 1 is 1.07 bits per heavy atom. The van der Waals surface area contributed by atoms with Crippen molar-refractivity contribution in [3.05, 3.63) is 28.3 Å². The van der Waals surface area contributed by atoms with Crippen LogP contribution in [0.2, 0.25) is 0 Å². The number of sulfonamides is 1. The Morgan fingerprint density at radius 2 is 1.61 bits per heavy atom. The highest BCUT2D eigenvalue weighted by molar-refractivity contribution is 7.89. The first kappa shape index (κ1) is 22.6. The molecular formula is C19H30N4O3S2. The molecule has 0 bridgehead atoms. The lowest BCUT2D eigenvalue weighted by molar-refractivity contribution is -0.122. The summed E-state index contributed by atoms with van der Waals surface area (Å²) in [5, 5.41) is 3.47. The topological polar surface area (TPSA) is 99.3 Å². The minimum atomic E-state index is -3.86. The van der Waals surface area contributed by atoms with Gasteiger partial charge in [-0.1, -0.05) is 18.9 Å². The van der Waals surface area contributed by atoms with Gasteiger partial charge in [0.1, 0.15) is 0 Å². The Hall–Kier alpha value is -1.71. The van der Waals surface area contributed by atoms with Crippen molar-refractivity contribution in [2.45, 2.75) is 77.3 Å². The van der Waals surface area contributed by atoms with Crippen molar-refractivity contribution >= 4 is 33.3 Å². The van der Waals surface area contributed by atoms with E-state index in [9.17, 15) is 13.2 Å². The maximum absolute atomic E-state index is 12.9. The molecule has 0 saturated heterocycles. The van der Waals surface area contributed by atoms with Crippen molar-refractivity contribution in [1.29, 1.82) is 0 Å². The first-order valence-corrected chi connectivity index (χ1v) is 11.4. The Balaban J connectivity index is 2.00. The van der Waals surface area contributed by atoms with Gasteiger partial charge in [-0.2, -0.15) is 4.72 Å². The van der Waals surface area contributed by atoms with Gasteiger partial charge >= 0.3 is 0 Å². The molecule has 0 unspecified atom stereocenters. The molecule has 0 radical (unpaired) electrons. The Labute approximate surface area is 173 Å². The second-order valence-corrected chi connectivity index (χ2v) is 9.56. The smallest absolute Gasteiger partial charge is 0.256 e. The Bertz CT molecular complexity index is 836. The van der Waals surface area contributed by atoms with Crippen LogP contribution in [0.15, 0.2) is 11.0 Å². The summed E-state index contributed by atoms with van der Waals surface area (Å²) in [6.45, 7) is 8.79. The molecular weight excluding hydrogens is 396 g/mol. The van der Waals surface area contributed by atoms with Crippen molar-refractivity contribution in [3.8, 4) is 0 Å². The van der Waals surface area contributed by atoms with Gasteiger partial charge in [0, 0.05) is 6.04 Å². The van der Waals surface area contributed by atoms with E-state index in [-0.39, 0.29) is 4.90 Å². The van der Waals surface area contributed by atoms with Gasteiger partial charge in [-0.05, 0) is 81.9 Å². The summed E-state index contributed by atoms with van der Waals surface area (Å²) in [6, 6.07) is 1.32. The van der Waals surface area contributed by atoms with Crippen LogP contribution < -0.4 is 20.9 Å². The van der Waals surface area contributed by atoms with Crippen LogP contribution in [0.1, 0.15) is 54.9 Å². The molecule has 0 heterocycles. The molecule has 1 saturated carbocycles. The van der Waals surface area contributed by atoms with E-state index in [4.69, 9.17) is 12.2 Å². The fraction of sp³-hybridized carbons (Fsp3) is 0.579. The van der Waals surface area contributed by atoms with Gasteiger partial charge in [-0.3, -0.25) is 15.6 Å². The maximum atomic E-state index is 12.9. The number of rotatable bonds is 5. The van der Waals surface area contributed by atoms with E-state index in [1.165, 1.54) is 19.8 Å². The number of amides is 1. The van der Waals surface area contributed by atoms with E-state index >= 15 is 0 Å². The molecule has 7 nitrogen and oxygen atoms in total. The van der Waals surface area contributed by atoms with Crippen LogP contribution in [0.5, 0.6) is 0 Å². The van der Waals surface area contributed by atoms with E-state index < -0.39 is 22.0 Å². The van der Waals surface area contributed by atoms with E-state index in [0.29, 0.717) is 22.3 Å². The van der Waals surface area contributed by atoms with Crippen LogP contribution in [0.25, 0.3) is 0 Å². The minimum Gasteiger partial charge on any atom is -0.359 e. The van der Waals surface area contributed by atoms with Gasteiger partial charge in [0.25, 0.3) is 5.91 Å². The Morgan fingerprint density at radius 3 is 2.14 bits per heavy atom. The number of carbonyl (C=O) groups excluding carboxylic acids is 1. The van der Waals surface area contributed by atoms with Crippen LogP contribution in [-0.4, -0.2) is 31.5 Å². The molecule has 0 spiro atoms. The molecule has 4 N–H and O–H groups in total. The van der Waals surface area contributed by atoms with Crippen molar-refractivity contribution in [1.82, 2.24) is 20.9 Å².